The Bertz CT molecular complexity index is 699. The van der Waals surface area contributed by atoms with Crippen molar-refractivity contribution >= 4 is 6.47 Å². The van der Waals surface area contributed by atoms with Gasteiger partial charge in [0, 0.05) is 50.4 Å². The number of carbonyl (C=O) groups is 1. The second kappa shape index (κ2) is 11.3. The van der Waals surface area contributed by atoms with Crippen molar-refractivity contribution in [1.82, 2.24) is 24.7 Å². The lowest BCUT2D eigenvalue weighted by Gasteiger charge is -2.18. The second-order valence-corrected chi connectivity index (χ2v) is 6.75. The largest absolute Gasteiger partial charge is 0.483 e. The molecule has 1 aliphatic rings. The fourth-order valence-electron chi connectivity index (χ4n) is 3.02. The van der Waals surface area contributed by atoms with Gasteiger partial charge in [-0.1, -0.05) is 11.6 Å². The highest BCUT2D eigenvalue weighted by atomic mass is 16.5. The van der Waals surface area contributed by atoms with E-state index in [1.54, 1.807) is 6.33 Å². The maximum atomic E-state index is 8.36. The third kappa shape index (κ3) is 6.97. The second-order valence-electron chi connectivity index (χ2n) is 6.75. The Labute approximate surface area is 159 Å². The zero-order valence-corrected chi connectivity index (χ0v) is 16.1. The fourth-order valence-corrected chi connectivity index (χ4v) is 3.02. The number of imidazole rings is 1. The van der Waals surface area contributed by atoms with E-state index in [2.05, 4.69) is 34.6 Å². The molecule has 0 atom stereocenters. The molecule has 148 valence electrons. The van der Waals surface area contributed by atoms with Crippen molar-refractivity contribution in [3.8, 4) is 0 Å². The SMILES string of the molecule is CC(C)=CCCc1nc(C2CCOCC2)nn1CCc1cnc[nH]1.O=CO. The number of H-pyrrole nitrogens is 1. The van der Waals surface area contributed by atoms with Gasteiger partial charge in [0.05, 0.1) is 6.33 Å². The van der Waals surface area contributed by atoms with Crippen molar-refractivity contribution in [1.29, 1.82) is 0 Å². The van der Waals surface area contributed by atoms with Crippen LogP contribution in [0.2, 0.25) is 0 Å². The van der Waals surface area contributed by atoms with Crippen molar-refractivity contribution in [2.24, 2.45) is 0 Å². The van der Waals surface area contributed by atoms with E-state index in [9.17, 15) is 0 Å². The first kappa shape index (κ1) is 20.8. The van der Waals surface area contributed by atoms with E-state index >= 15 is 0 Å². The van der Waals surface area contributed by atoms with E-state index in [-0.39, 0.29) is 6.47 Å². The van der Waals surface area contributed by atoms with Gasteiger partial charge >= 0.3 is 0 Å². The summed E-state index contributed by atoms with van der Waals surface area (Å²) in [6.45, 7) is 6.50. The number of hydrogen-bond acceptors (Lipinski definition) is 5. The summed E-state index contributed by atoms with van der Waals surface area (Å²) >= 11 is 0. The molecular weight excluding hydrogens is 346 g/mol. The third-order valence-electron chi connectivity index (χ3n) is 4.42. The zero-order valence-electron chi connectivity index (χ0n) is 16.1. The summed E-state index contributed by atoms with van der Waals surface area (Å²) < 4.78 is 7.55. The molecule has 2 N–H and O–H groups in total. The van der Waals surface area contributed by atoms with Gasteiger partial charge in [-0.25, -0.2) is 14.6 Å². The lowest BCUT2D eigenvalue weighted by Crippen LogP contribution is -2.15. The molecule has 0 spiro atoms. The molecule has 27 heavy (non-hydrogen) atoms. The van der Waals surface area contributed by atoms with Crippen LogP contribution in [-0.2, 0) is 28.9 Å². The van der Waals surface area contributed by atoms with E-state index in [1.807, 2.05) is 6.20 Å². The molecule has 0 radical (unpaired) electrons. The van der Waals surface area contributed by atoms with E-state index in [0.717, 1.165) is 69.2 Å². The van der Waals surface area contributed by atoms with Gasteiger partial charge in [-0.2, -0.15) is 5.10 Å². The molecule has 2 aromatic rings. The Hall–Kier alpha value is -2.48. The number of aryl methyl sites for hydroxylation is 3. The minimum Gasteiger partial charge on any atom is -0.483 e. The van der Waals surface area contributed by atoms with E-state index in [0.29, 0.717) is 5.92 Å². The monoisotopic (exact) mass is 375 g/mol. The predicted octanol–water partition coefficient (Wildman–Crippen LogP) is 2.74. The average Bonchev–Trinajstić information content (AvgIpc) is 3.31. The molecule has 1 aliphatic heterocycles. The highest BCUT2D eigenvalue weighted by Gasteiger charge is 2.21. The van der Waals surface area contributed by atoms with Crippen LogP contribution < -0.4 is 0 Å². The number of aromatic nitrogens is 5. The minimum absolute atomic E-state index is 0.250. The van der Waals surface area contributed by atoms with Gasteiger partial charge < -0.3 is 14.8 Å². The molecular formula is C19H29N5O3. The molecule has 0 aliphatic carbocycles. The zero-order chi connectivity index (χ0) is 19.5. The van der Waals surface area contributed by atoms with Gasteiger partial charge in [0.15, 0.2) is 5.82 Å². The molecule has 2 aromatic heterocycles. The lowest BCUT2D eigenvalue weighted by atomic mass is 10.00. The summed E-state index contributed by atoms with van der Waals surface area (Å²) in [5.74, 6) is 2.53. The molecule has 1 fully saturated rings. The smallest absolute Gasteiger partial charge is 0.290 e. The molecule has 0 bridgehead atoms. The molecule has 0 unspecified atom stereocenters. The summed E-state index contributed by atoms with van der Waals surface area (Å²) in [5.41, 5.74) is 2.48. The number of ether oxygens (including phenoxy) is 1. The molecule has 0 amide bonds. The molecule has 0 aromatic carbocycles. The van der Waals surface area contributed by atoms with Crippen LogP contribution in [0.5, 0.6) is 0 Å². The topological polar surface area (TPSA) is 106 Å². The molecule has 8 nitrogen and oxygen atoms in total. The van der Waals surface area contributed by atoms with Crippen LogP contribution >= 0.6 is 0 Å². The maximum absolute atomic E-state index is 8.36. The minimum atomic E-state index is -0.250. The summed E-state index contributed by atoms with van der Waals surface area (Å²) in [6.07, 6.45) is 10.8. The van der Waals surface area contributed by atoms with Gasteiger partial charge in [0.25, 0.3) is 6.47 Å². The van der Waals surface area contributed by atoms with Crippen LogP contribution in [0.25, 0.3) is 0 Å². The number of carboxylic acid groups (broad SMARTS) is 1. The molecule has 0 saturated carbocycles. The highest BCUT2D eigenvalue weighted by Crippen LogP contribution is 2.24. The van der Waals surface area contributed by atoms with Crippen LogP contribution in [-0.4, -0.2) is 49.5 Å². The van der Waals surface area contributed by atoms with Crippen LogP contribution in [0, 0.1) is 0 Å². The van der Waals surface area contributed by atoms with Gasteiger partial charge in [-0.15, -0.1) is 0 Å². The maximum Gasteiger partial charge on any atom is 0.290 e. The number of aromatic amines is 1. The fraction of sp³-hybridized carbons (Fsp3) is 0.579. The van der Waals surface area contributed by atoms with Gasteiger partial charge in [0.2, 0.25) is 0 Å². The highest BCUT2D eigenvalue weighted by molar-refractivity contribution is 5.32. The summed E-state index contributed by atoms with van der Waals surface area (Å²) in [7, 11) is 0. The Kier molecular flexibility index (Phi) is 8.70. The van der Waals surface area contributed by atoms with Crippen molar-refractivity contribution in [3.05, 3.63) is 41.5 Å². The van der Waals surface area contributed by atoms with Gasteiger partial charge in [-0.05, 0) is 33.1 Å². The quantitative estimate of drug-likeness (QED) is 0.569. The summed E-state index contributed by atoms with van der Waals surface area (Å²) in [6, 6.07) is 0. The average molecular weight is 375 g/mol. The van der Waals surface area contributed by atoms with Crippen molar-refractivity contribution in [2.75, 3.05) is 13.2 Å². The standard InChI is InChI=1S/C18H27N5O.CH2O2/c1-14(2)4-3-5-17-21-18(15-7-10-24-11-8-15)22-23(17)9-6-16-12-19-13-20-16;2-1-3/h4,12-13,15H,3,5-11H2,1-2H3,(H,19,20);1H,(H,2,3). The first-order chi connectivity index (χ1) is 13.1. The normalized spacial score (nSPS) is 14.3. The van der Waals surface area contributed by atoms with Crippen LogP contribution in [0.3, 0.4) is 0 Å². The Morgan fingerprint density at radius 1 is 1.37 bits per heavy atom. The summed E-state index contributed by atoms with van der Waals surface area (Å²) in [4.78, 5) is 20.5. The Balaban J connectivity index is 0.000000817. The van der Waals surface area contributed by atoms with Gasteiger partial charge in [-0.3, -0.25) is 4.79 Å². The van der Waals surface area contributed by atoms with Crippen LogP contribution in [0.15, 0.2) is 24.2 Å². The Morgan fingerprint density at radius 3 is 2.74 bits per heavy atom. The van der Waals surface area contributed by atoms with Crippen LogP contribution in [0.4, 0.5) is 0 Å². The van der Waals surface area contributed by atoms with Crippen molar-refractivity contribution < 1.29 is 14.6 Å². The van der Waals surface area contributed by atoms with E-state index < -0.39 is 0 Å². The van der Waals surface area contributed by atoms with Gasteiger partial charge in [0.1, 0.15) is 5.82 Å². The first-order valence-corrected chi connectivity index (χ1v) is 9.33. The number of allylic oxidation sites excluding steroid dienone is 2. The predicted molar refractivity (Wildman–Crippen MR) is 102 cm³/mol. The number of rotatable bonds is 7. The number of nitrogens with one attached hydrogen (secondary N) is 1. The first-order valence-electron chi connectivity index (χ1n) is 9.33. The lowest BCUT2D eigenvalue weighted by molar-refractivity contribution is -0.122. The summed E-state index contributed by atoms with van der Waals surface area (Å²) in [5, 5.41) is 11.7. The molecule has 1 saturated heterocycles. The van der Waals surface area contributed by atoms with Crippen molar-refractivity contribution in [2.45, 2.75) is 58.4 Å². The number of nitrogens with zero attached hydrogens (tertiary/aromatic N) is 4. The van der Waals surface area contributed by atoms with E-state index in [4.69, 9.17) is 24.7 Å². The number of hydrogen-bond donors (Lipinski definition) is 2. The van der Waals surface area contributed by atoms with E-state index in [1.165, 1.54) is 5.57 Å². The third-order valence-corrected chi connectivity index (χ3v) is 4.42. The van der Waals surface area contributed by atoms with Crippen LogP contribution in [0.1, 0.15) is 56.4 Å². The Morgan fingerprint density at radius 2 is 2.11 bits per heavy atom. The molecule has 3 rings (SSSR count). The molecule has 8 heteroatoms. The molecule has 3 heterocycles. The van der Waals surface area contributed by atoms with Crippen molar-refractivity contribution in [3.63, 3.8) is 0 Å².